The molecule has 134 valence electrons. The molecule has 0 bridgehead atoms. The summed E-state index contributed by atoms with van der Waals surface area (Å²) in [7, 11) is 4.28. The maximum Gasteiger partial charge on any atom is 0.230 e. The number of aromatic nitrogens is 3. The molecular formula is C17H23N5O2S. The highest BCUT2D eigenvalue weighted by atomic mass is 32.1. The van der Waals surface area contributed by atoms with Crippen molar-refractivity contribution in [2.24, 2.45) is 0 Å². The summed E-state index contributed by atoms with van der Waals surface area (Å²) in [5, 5.41) is 14.8. The molecule has 1 saturated heterocycles. The molecule has 1 fully saturated rings. The van der Waals surface area contributed by atoms with Crippen molar-refractivity contribution in [1.29, 1.82) is 0 Å². The number of piperidine rings is 1. The first kappa shape index (κ1) is 16.6. The summed E-state index contributed by atoms with van der Waals surface area (Å²) in [6.45, 7) is 4.11. The Kier molecular flexibility index (Phi) is 4.26. The molecule has 4 heterocycles. The van der Waals surface area contributed by atoms with Gasteiger partial charge in [-0.15, -0.1) is 0 Å². The molecule has 4 rings (SSSR count). The van der Waals surface area contributed by atoms with Gasteiger partial charge in [0.2, 0.25) is 10.8 Å². The van der Waals surface area contributed by atoms with Crippen LogP contribution < -0.4 is 0 Å². The number of furan rings is 1. The third-order valence-corrected chi connectivity index (χ3v) is 6.18. The highest BCUT2D eigenvalue weighted by Crippen LogP contribution is 2.41. The zero-order valence-electron chi connectivity index (χ0n) is 14.7. The van der Waals surface area contributed by atoms with Crippen LogP contribution in [0.4, 0.5) is 0 Å². The zero-order valence-corrected chi connectivity index (χ0v) is 15.5. The smallest absolute Gasteiger partial charge is 0.230 e. The molecule has 25 heavy (non-hydrogen) atoms. The van der Waals surface area contributed by atoms with Gasteiger partial charge in [0.05, 0.1) is 4.88 Å². The second kappa shape index (κ2) is 6.44. The van der Waals surface area contributed by atoms with Gasteiger partial charge in [-0.2, -0.15) is 9.61 Å². The van der Waals surface area contributed by atoms with Crippen LogP contribution in [-0.4, -0.2) is 62.7 Å². The number of fused-ring (bicyclic) bond motifs is 1. The molecule has 1 aliphatic heterocycles. The van der Waals surface area contributed by atoms with Crippen molar-refractivity contribution in [3.63, 3.8) is 0 Å². The van der Waals surface area contributed by atoms with Gasteiger partial charge in [-0.05, 0) is 59.1 Å². The standard InChI is InChI=1S/C17H23N5O2S/c1-11-4-5-13(24-11)14(21(3)12-6-8-20(2)9-7-12)15-16(23)22-17(25-15)18-10-19-22/h4-5,10,12,14,23H,6-9H2,1-3H3. The summed E-state index contributed by atoms with van der Waals surface area (Å²) in [6.07, 6.45) is 3.66. The lowest BCUT2D eigenvalue weighted by Crippen LogP contribution is -2.43. The van der Waals surface area contributed by atoms with Gasteiger partial charge < -0.3 is 14.4 Å². The second-order valence-electron chi connectivity index (χ2n) is 6.80. The number of aromatic hydroxyl groups is 1. The number of rotatable bonds is 4. The maximum absolute atomic E-state index is 10.7. The Hall–Kier alpha value is -1.90. The predicted molar refractivity (Wildman–Crippen MR) is 96.1 cm³/mol. The van der Waals surface area contributed by atoms with Gasteiger partial charge in [0.1, 0.15) is 23.9 Å². The molecule has 0 aromatic carbocycles. The molecule has 8 heteroatoms. The Morgan fingerprint density at radius 1 is 1.36 bits per heavy atom. The Morgan fingerprint density at radius 3 is 2.76 bits per heavy atom. The average molecular weight is 361 g/mol. The number of hydrogen-bond donors (Lipinski definition) is 1. The summed E-state index contributed by atoms with van der Waals surface area (Å²) in [5.74, 6) is 1.87. The molecule has 1 unspecified atom stereocenters. The third-order valence-electron chi connectivity index (χ3n) is 5.09. The van der Waals surface area contributed by atoms with E-state index >= 15 is 0 Å². The van der Waals surface area contributed by atoms with E-state index in [0.717, 1.165) is 42.3 Å². The molecule has 0 spiro atoms. The van der Waals surface area contributed by atoms with Crippen molar-refractivity contribution >= 4 is 16.3 Å². The number of likely N-dealkylation sites (tertiary alicyclic amines) is 1. The average Bonchev–Trinajstić information content (AvgIpc) is 3.29. The Bertz CT molecular complexity index is 862. The van der Waals surface area contributed by atoms with Crippen LogP contribution in [0.5, 0.6) is 5.88 Å². The minimum atomic E-state index is -0.143. The minimum Gasteiger partial charge on any atom is -0.492 e. The highest BCUT2D eigenvalue weighted by Gasteiger charge is 2.34. The summed E-state index contributed by atoms with van der Waals surface area (Å²) < 4.78 is 7.45. The van der Waals surface area contributed by atoms with Crippen molar-refractivity contribution in [3.05, 3.63) is 34.9 Å². The van der Waals surface area contributed by atoms with Crippen molar-refractivity contribution < 1.29 is 9.52 Å². The fraction of sp³-hybridized carbons (Fsp3) is 0.529. The van der Waals surface area contributed by atoms with E-state index in [1.54, 1.807) is 0 Å². The summed E-state index contributed by atoms with van der Waals surface area (Å²) in [6, 6.07) is 4.27. The van der Waals surface area contributed by atoms with Crippen molar-refractivity contribution in [3.8, 4) is 5.88 Å². The van der Waals surface area contributed by atoms with Crippen LogP contribution in [0.3, 0.4) is 0 Å². The Morgan fingerprint density at radius 2 is 2.12 bits per heavy atom. The van der Waals surface area contributed by atoms with Gasteiger partial charge >= 0.3 is 0 Å². The van der Waals surface area contributed by atoms with Crippen LogP contribution in [-0.2, 0) is 0 Å². The van der Waals surface area contributed by atoms with Gasteiger partial charge in [-0.25, -0.2) is 4.98 Å². The molecule has 0 aliphatic carbocycles. The molecule has 3 aromatic rings. The van der Waals surface area contributed by atoms with Crippen LogP contribution in [0, 0.1) is 6.92 Å². The lowest BCUT2D eigenvalue weighted by Gasteiger charge is -2.38. The SMILES string of the molecule is Cc1ccc(C(c2sc3ncnn3c2O)N(C)C2CCN(C)CC2)o1. The highest BCUT2D eigenvalue weighted by molar-refractivity contribution is 7.17. The van der Waals surface area contributed by atoms with Gasteiger partial charge in [-0.1, -0.05) is 11.3 Å². The van der Waals surface area contributed by atoms with E-state index in [4.69, 9.17) is 4.42 Å². The van der Waals surface area contributed by atoms with Crippen molar-refractivity contribution in [2.75, 3.05) is 27.2 Å². The molecule has 0 amide bonds. The van der Waals surface area contributed by atoms with Gasteiger partial charge in [-0.3, -0.25) is 4.90 Å². The second-order valence-corrected chi connectivity index (χ2v) is 7.80. The Balaban J connectivity index is 1.74. The Labute approximate surface area is 150 Å². The number of thiazole rings is 1. The number of hydrogen-bond acceptors (Lipinski definition) is 7. The first-order valence-corrected chi connectivity index (χ1v) is 9.34. The van der Waals surface area contributed by atoms with Crippen LogP contribution in [0.15, 0.2) is 22.9 Å². The van der Waals surface area contributed by atoms with E-state index in [0.29, 0.717) is 11.0 Å². The van der Waals surface area contributed by atoms with Crippen LogP contribution in [0.25, 0.3) is 4.96 Å². The van der Waals surface area contributed by atoms with E-state index in [1.165, 1.54) is 22.2 Å². The lowest BCUT2D eigenvalue weighted by atomic mass is 10.0. The summed E-state index contributed by atoms with van der Waals surface area (Å²) >= 11 is 1.46. The van der Waals surface area contributed by atoms with E-state index in [1.807, 2.05) is 19.1 Å². The number of aryl methyl sites for hydroxylation is 1. The molecular weight excluding hydrogens is 338 g/mol. The quantitative estimate of drug-likeness (QED) is 0.770. The molecule has 7 nitrogen and oxygen atoms in total. The molecule has 1 N–H and O–H groups in total. The van der Waals surface area contributed by atoms with E-state index in [2.05, 4.69) is 34.0 Å². The molecule has 1 aliphatic rings. The number of nitrogens with zero attached hydrogens (tertiary/aromatic N) is 5. The summed E-state index contributed by atoms with van der Waals surface area (Å²) in [4.78, 5) is 10.4. The minimum absolute atomic E-state index is 0.143. The monoisotopic (exact) mass is 361 g/mol. The topological polar surface area (TPSA) is 70.0 Å². The normalized spacial score (nSPS) is 18.4. The zero-order chi connectivity index (χ0) is 17.6. The first-order chi connectivity index (χ1) is 12.0. The van der Waals surface area contributed by atoms with Crippen LogP contribution in [0.1, 0.15) is 35.3 Å². The van der Waals surface area contributed by atoms with Crippen LogP contribution >= 0.6 is 11.3 Å². The van der Waals surface area contributed by atoms with Gasteiger partial charge in [0.25, 0.3) is 0 Å². The first-order valence-electron chi connectivity index (χ1n) is 8.53. The van der Waals surface area contributed by atoms with E-state index in [9.17, 15) is 5.11 Å². The molecule has 0 radical (unpaired) electrons. The summed E-state index contributed by atoms with van der Waals surface area (Å²) in [5.41, 5.74) is 0. The van der Waals surface area contributed by atoms with Crippen molar-refractivity contribution in [1.82, 2.24) is 24.4 Å². The molecule has 3 aromatic heterocycles. The fourth-order valence-electron chi connectivity index (χ4n) is 3.60. The van der Waals surface area contributed by atoms with Crippen LogP contribution in [0.2, 0.25) is 0 Å². The largest absolute Gasteiger partial charge is 0.492 e. The fourth-order valence-corrected chi connectivity index (χ4v) is 4.69. The molecule has 0 saturated carbocycles. The molecule has 1 atom stereocenters. The predicted octanol–water partition coefficient (Wildman–Crippen LogP) is 2.51. The third kappa shape index (κ3) is 2.94. The van der Waals surface area contributed by atoms with E-state index < -0.39 is 0 Å². The van der Waals surface area contributed by atoms with Crippen molar-refractivity contribution in [2.45, 2.75) is 31.8 Å². The van der Waals surface area contributed by atoms with E-state index in [-0.39, 0.29) is 11.9 Å². The van der Waals surface area contributed by atoms with Gasteiger partial charge in [0.15, 0.2) is 0 Å². The maximum atomic E-state index is 10.7. The van der Waals surface area contributed by atoms with Gasteiger partial charge in [0, 0.05) is 6.04 Å². The lowest BCUT2D eigenvalue weighted by molar-refractivity contribution is 0.112.